The van der Waals surface area contributed by atoms with Crippen molar-refractivity contribution in [3.8, 4) is 0 Å². The van der Waals surface area contributed by atoms with Gasteiger partial charge in [-0.1, -0.05) is 0 Å². The van der Waals surface area contributed by atoms with Gasteiger partial charge in [0.05, 0.1) is 5.56 Å². The summed E-state index contributed by atoms with van der Waals surface area (Å²) in [6.07, 6.45) is -1.83. The van der Waals surface area contributed by atoms with Crippen molar-refractivity contribution < 1.29 is 18.7 Å². The Hall–Kier alpha value is -1.23. The van der Waals surface area contributed by atoms with Crippen LogP contribution in [0.25, 0.3) is 0 Å². The zero-order chi connectivity index (χ0) is 10.7. The minimum absolute atomic E-state index is 0.135. The Morgan fingerprint density at radius 1 is 1.64 bits per heavy atom. The number of aromatic nitrogens is 1. The molecule has 0 aliphatic heterocycles. The monoisotopic (exact) mass is 221 g/mol. The Balaban J connectivity index is 3.18. The van der Waals surface area contributed by atoms with Gasteiger partial charge in [-0.15, -0.1) is 11.6 Å². The Labute approximate surface area is 83.3 Å². The fraction of sp³-hybridized carbons (Fsp3) is 0.250. The molecule has 0 saturated carbocycles. The van der Waals surface area contributed by atoms with Gasteiger partial charge in [0.15, 0.2) is 0 Å². The summed E-state index contributed by atoms with van der Waals surface area (Å²) in [6, 6.07) is 1.00. The first-order valence-electron chi connectivity index (χ1n) is 3.62. The number of hydrogen-bond donors (Lipinski definition) is 1. The van der Waals surface area contributed by atoms with E-state index in [0.717, 1.165) is 12.3 Å². The van der Waals surface area contributed by atoms with Crippen molar-refractivity contribution in [3.05, 3.63) is 29.1 Å². The van der Waals surface area contributed by atoms with Crippen LogP contribution in [0.15, 0.2) is 12.3 Å². The van der Waals surface area contributed by atoms with Gasteiger partial charge in [-0.05, 0) is 11.6 Å². The molecule has 0 atom stereocenters. The van der Waals surface area contributed by atoms with Crippen LogP contribution in [0.3, 0.4) is 0 Å². The van der Waals surface area contributed by atoms with Crippen LogP contribution in [0.4, 0.5) is 8.78 Å². The second kappa shape index (κ2) is 4.32. The van der Waals surface area contributed by atoms with Crippen LogP contribution >= 0.6 is 11.6 Å². The van der Waals surface area contributed by atoms with Crippen LogP contribution in [-0.4, -0.2) is 16.1 Å². The normalized spacial score (nSPS) is 10.6. The minimum Gasteiger partial charge on any atom is -0.478 e. The molecule has 14 heavy (non-hydrogen) atoms. The van der Waals surface area contributed by atoms with E-state index in [0.29, 0.717) is 0 Å². The molecular formula is C8H6ClF2NO2. The first-order chi connectivity index (χ1) is 6.56. The average molecular weight is 222 g/mol. The second-order valence-corrected chi connectivity index (χ2v) is 2.77. The molecule has 1 heterocycles. The highest BCUT2D eigenvalue weighted by Crippen LogP contribution is 2.20. The first kappa shape index (κ1) is 10.8. The standard InChI is InChI=1S/C8H6ClF2NO2/c9-2-4-1-6(7(10)11)12-3-5(4)8(13)14/h1,3,7H,2H2,(H,13,14). The minimum atomic E-state index is -2.72. The van der Waals surface area contributed by atoms with Gasteiger partial charge in [0.2, 0.25) is 0 Å². The van der Waals surface area contributed by atoms with E-state index in [9.17, 15) is 13.6 Å². The van der Waals surface area contributed by atoms with Crippen molar-refractivity contribution in [3.63, 3.8) is 0 Å². The van der Waals surface area contributed by atoms with E-state index in [1.165, 1.54) is 0 Å². The molecule has 1 rings (SSSR count). The molecule has 1 N–H and O–H groups in total. The van der Waals surface area contributed by atoms with Crippen LogP contribution in [0.1, 0.15) is 28.0 Å². The Kier molecular flexibility index (Phi) is 3.35. The summed E-state index contributed by atoms with van der Waals surface area (Å²) >= 11 is 5.42. The highest BCUT2D eigenvalue weighted by Gasteiger charge is 2.15. The summed E-state index contributed by atoms with van der Waals surface area (Å²) in [6.45, 7) is 0. The molecular weight excluding hydrogens is 216 g/mol. The highest BCUT2D eigenvalue weighted by atomic mass is 35.5. The van der Waals surface area contributed by atoms with Crippen LogP contribution in [-0.2, 0) is 5.88 Å². The van der Waals surface area contributed by atoms with Gasteiger partial charge >= 0.3 is 5.97 Å². The van der Waals surface area contributed by atoms with Crippen molar-refractivity contribution in [1.29, 1.82) is 0 Å². The Morgan fingerprint density at radius 3 is 2.71 bits per heavy atom. The molecule has 0 fully saturated rings. The molecule has 76 valence electrons. The van der Waals surface area contributed by atoms with Crippen LogP contribution in [0.2, 0.25) is 0 Å². The maximum Gasteiger partial charge on any atom is 0.337 e. The zero-order valence-electron chi connectivity index (χ0n) is 6.88. The molecule has 0 aliphatic carbocycles. The van der Waals surface area contributed by atoms with E-state index < -0.39 is 18.1 Å². The van der Waals surface area contributed by atoms with Crippen LogP contribution < -0.4 is 0 Å². The predicted octanol–water partition coefficient (Wildman–Crippen LogP) is 2.46. The number of alkyl halides is 3. The average Bonchev–Trinajstić information content (AvgIpc) is 2.16. The first-order valence-corrected chi connectivity index (χ1v) is 4.16. The van der Waals surface area contributed by atoms with Gasteiger partial charge < -0.3 is 5.11 Å². The number of rotatable bonds is 3. The quantitative estimate of drug-likeness (QED) is 0.798. The number of nitrogens with zero attached hydrogens (tertiary/aromatic N) is 1. The topological polar surface area (TPSA) is 50.2 Å². The second-order valence-electron chi connectivity index (χ2n) is 2.51. The van der Waals surface area contributed by atoms with E-state index in [4.69, 9.17) is 16.7 Å². The molecule has 3 nitrogen and oxygen atoms in total. The molecule has 0 amide bonds. The number of hydrogen-bond acceptors (Lipinski definition) is 2. The summed E-state index contributed by atoms with van der Waals surface area (Å²) in [7, 11) is 0. The maximum absolute atomic E-state index is 12.2. The fourth-order valence-corrected chi connectivity index (χ4v) is 1.16. The molecule has 6 heteroatoms. The van der Waals surface area contributed by atoms with Crippen molar-refractivity contribution in [2.24, 2.45) is 0 Å². The third-order valence-corrected chi connectivity index (χ3v) is 1.90. The van der Waals surface area contributed by atoms with Crippen molar-refractivity contribution >= 4 is 17.6 Å². The fourth-order valence-electron chi connectivity index (χ4n) is 0.938. The molecule has 0 spiro atoms. The van der Waals surface area contributed by atoms with Gasteiger partial charge in [-0.2, -0.15) is 0 Å². The van der Waals surface area contributed by atoms with Crippen LogP contribution in [0, 0.1) is 0 Å². The molecule has 0 saturated heterocycles. The smallest absolute Gasteiger partial charge is 0.337 e. The summed E-state index contributed by atoms with van der Waals surface area (Å²) in [5.41, 5.74) is -0.473. The lowest BCUT2D eigenvalue weighted by Crippen LogP contribution is -2.04. The predicted molar refractivity (Wildman–Crippen MR) is 45.7 cm³/mol. The number of carboxylic acid groups (broad SMARTS) is 1. The van der Waals surface area contributed by atoms with E-state index in [2.05, 4.69) is 4.98 Å². The summed E-state index contributed by atoms with van der Waals surface area (Å²) < 4.78 is 24.3. The molecule has 0 unspecified atom stereocenters. The number of pyridine rings is 1. The van der Waals surface area contributed by atoms with Gasteiger partial charge in [0, 0.05) is 12.1 Å². The lowest BCUT2D eigenvalue weighted by molar-refractivity contribution is 0.0694. The van der Waals surface area contributed by atoms with Gasteiger partial charge in [0.1, 0.15) is 5.69 Å². The summed E-state index contributed by atoms with van der Waals surface area (Å²) in [5.74, 6) is -1.36. The number of carboxylic acids is 1. The lowest BCUT2D eigenvalue weighted by Gasteiger charge is -2.04. The van der Waals surface area contributed by atoms with Crippen molar-refractivity contribution in [2.45, 2.75) is 12.3 Å². The van der Waals surface area contributed by atoms with Crippen molar-refractivity contribution in [2.75, 3.05) is 0 Å². The zero-order valence-corrected chi connectivity index (χ0v) is 7.63. The van der Waals surface area contributed by atoms with E-state index in [1.807, 2.05) is 0 Å². The SMILES string of the molecule is O=C(O)c1cnc(C(F)F)cc1CCl. The maximum atomic E-state index is 12.2. The van der Waals surface area contributed by atoms with Gasteiger partial charge in [-0.25, -0.2) is 13.6 Å². The highest BCUT2D eigenvalue weighted by molar-refractivity contribution is 6.17. The number of carbonyl (C=O) groups is 1. The van der Waals surface area contributed by atoms with Gasteiger partial charge in [-0.3, -0.25) is 4.98 Å². The molecule has 0 bridgehead atoms. The Bertz CT molecular complexity index is 357. The molecule has 1 aromatic heterocycles. The third-order valence-electron chi connectivity index (χ3n) is 1.61. The lowest BCUT2D eigenvalue weighted by atomic mass is 10.1. The molecule has 1 aromatic rings. The number of halogens is 3. The Morgan fingerprint density at radius 2 is 2.29 bits per heavy atom. The van der Waals surface area contributed by atoms with E-state index in [-0.39, 0.29) is 17.0 Å². The largest absolute Gasteiger partial charge is 0.478 e. The number of aromatic carboxylic acids is 1. The summed E-state index contributed by atoms with van der Waals surface area (Å²) in [5, 5.41) is 8.64. The van der Waals surface area contributed by atoms with E-state index >= 15 is 0 Å². The van der Waals surface area contributed by atoms with E-state index in [1.54, 1.807) is 0 Å². The van der Waals surface area contributed by atoms with Gasteiger partial charge in [0.25, 0.3) is 6.43 Å². The van der Waals surface area contributed by atoms with Crippen LogP contribution in [0.5, 0.6) is 0 Å². The third kappa shape index (κ3) is 2.17. The summed E-state index contributed by atoms with van der Waals surface area (Å²) in [4.78, 5) is 13.9. The molecule has 0 radical (unpaired) electrons. The molecule has 0 aliphatic rings. The van der Waals surface area contributed by atoms with Crippen molar-refractivity contribution in [1.82, 2.24) is 4.98 Å². The molecule has 0 aromatic carbocycles.